The van der Waals surface area contributed by atoms with Gasteiger partial charge in [0.15, 0.2) is 11.9 Å². The number of ether oxygens (including phenoxy) is 1. The van der Waals surface area contributed by atoms with E-state index in [1.807, 2.05) is 12.1 Å². The van der Waals surface area contributed by atoms with Crippen LogP contribution in [0.1, 0.15) is 0 Å². The fraction of sp³-hybridized carbons (Fsp3) is 0.0833. The Morgan fingerprint density at radius 3 is 2.32 bits per heavy atom. The first-order valence-corrected chi connectivity index (χ1v) is 5.75. The van der Waals surface area contributed by atoms with E-state index in [2.05, 4.69) is 0 Å². The second-order valence-electron chi connectivity index (χ2n) is 3.86. The minimum absolute atomic E-state index is 0.466. The largest absolute Gasteiger partial charge is 0.868 e. The van der Waals surface area contributed by atoms with Gasteiger partial charge in [-0.15, -0.1) is 0 Å². The van der Waals surface area contributed by atoms with E-state index in [-0.39, 0.29) is 0 Å². The summed E-state index contributed by atoms with van der Waals surface area (Å²) in [5, 5.41) is 31.1. The second kappa shape index (κ2) is 7.38. The minimum atomic E-state index is -0.949. The Morgan fingerprint density at radius 2 is 1.86 bits per heavy atom. The average Bonchev–Trinajstić information content (AvgIpc) is 2.47. The molecule has 1 heterocycles. The van der Waals surface area contributed by atoms with E-state index in [0.29, 0.717) is 6.07 Å². The quantitative estimate of drug-likeness (QED) is 0.370. The smallest absolute Gasteiger partial charge is 0.276 e. The molecule has 2 aromatic rings. The Labute approximate surface area is 124 Å². The standard InChI is InChI=1S/C6H4N2O5.C6H9N2O/c9-6-2-1-4(7(10)11)3-5(6)8(12)13;1-9-6-3-2-4-8(7)5-6/h1-3,9H;2-5H,7H2,1H3/q;+1/p-1. The summed E-state index contributed by atoms with van der Waals surface area (Å²) in [6.45, 7) is 0. The van der Waals surface area contributed by atoms with Crippen LogP contribution in [-0.2, 0) is 0 Å². The molecule has 0 bridgehead atoms. The van der Waals surface area contributed by atoms with E-state index in [1.165, 1.54) is 4.68 Å². The normalized spacial score (nSPS) is 9.32. The summed E-state index contributed by atoms with van der Waals surface area (Å²) in [5.41, 5.74) is -1.25. The summed E-state index contributed by atoms with van der Waals surface area (Å²) in [6.07, 6.45) is 3.43. The highest BCUT2D eigenvalue weighted by Gasteiger charge is 2.13. The first-order chi connectivity index (χ1) is 10.3. The molecule has 1 aromatic carbocycles. The van der Waals surface area contributed by atoms with Gasteiger partial charge in [0.1, 0.15) is 0 Å². The van der Waals surface area contributed by atoms with Crippen LogP contribution in [0.25, 0.3) is 0 Å². The number of benzene rings is 1. The van der Waals surface area contributed by atoms with Crippen molar-refractivity contribution in [1.82, 2.24) is 0 Å². The number of nitrogens with zero attached hydrogens (tertiary/aromatic N) is 3. The number of pyridine rings is 1. The number of hydrogen-bond donors (Lipinski definition) is 1. The molecule has 0 aliphatic carbocycles. The van der Waals surface area contributed by atoms with Gasteiger partial charge in [0.05, 0.1) is 23.0 Å². The SMILES string of the molecule is COc1ccc[n+](N)c1.O=[N+]([O-])c1ccc([O-])c([N+](=O)[O-])c1. The van der Waals surface area contributed by atoms with Crippen molar-refractivity contribution in [3.8, 4) is 11.5 Å². The van der Waals surface area contributed by atoms with Crippen LogP contribution < -0.4 is 20.4 Å². The molecular weight excluding hydrogens is 296 g/mol. The van der Waals surface area contributed by atoms with E-state index in [4.69, 9.17) is 10.6 Å². The van der Waals surface area contributed by atoms with E-state index in [9.17, 15) is 25.3 Å². The fourth-order valence-corrected chi connectivity index (χ4v) is 1.35. The van der Waals surface area contributed by atoms with Crippen molar-refractivity contribution in [3.05, 3.63) is 63.0 Å². The zero-order valence-electron chi connectivity index (χ0n) is 11.4. The Balaban J connectivity index is 0.000000235. The van der Waals surface area contributed by atoms with Gasteiger partial charge in [-0.2, -0.15) is 0 Å². The Hall–Kier alpha value is -3.43. The first kappa shape index (κ1) is 16.6. The van der Waals surface area contributed by atoms with Crippen molar-refractivity contribution >= 4 is 11.4 Å². The highest BCUT2D eigenvalue weighted by Crippen LogP contribution is 2.27. The number of nitro groups is 2. The molecule has 0 amide bonds. The van der Waals surface area contributed by atoms with Crippen LogP contribution in [0.2, 0.25) is 0 Å². The van der Waals surface area contributed by atoms with Crippen molar-refractivity contribution in [1.29, 1.82) is 0 Å². The zero-order chi connectivity index (χ0) is 16.7. The summed E-state index contributed by atoms with van der Waals surface area (Å²) in [4.78, 5) is 18.6. The maximum absolute atomic E-state index is 10.8. The lowest BCUT2D eigenvalue weighted by molar-refractivity contribution is -0.639. The Morgan fingerprint density at radius 1 is 1.18 bits per heavy atom. The molecule has 10 nitrogen and oxygen atoms in total. The van der Waals surface area contributed by atoms with Crippen LogP contribution in [0, 0.1) is 20.2 Å². The summed E-state index contributed by atoms with van der Waals surface area (Å²) in [6, 6.07) is 6.02. The second-order valence-corrected chi connectivity index (χ2v) is 3.86. The van der Waals surface area contributed by atoms with Gasteiger partial charge in [-0.1, -0.05) is 10.7 Å². The number of nitro benzene ring substituents is 2. The number of methoxy groups -OCH3 is 1. The number of hydrogen-bond acceptors (Lipinski definition) is 7. The third-order valence-corrected chi connectivity index (χ3v) is 2.38. The molecule has 0 fully saturated rings. The van der Waals surface area contributed by atoms with Gasteiger partial charge in [-0.05, 0) is 11.8 Å². The van der Waals surface area contributed by atoms with Gasteiger partial charge in [0.2, 0.25) is 6.20 Å². The summed E-state index contributed by atoms with van der Waals surface area (Å²) in [7, 11) is 1.61. The van der Waals surface area contributed by atoms with E-state index in [0.717, 1.165) is 17.9 Å². The highest BCUT2D eigenvalue weighted by atomic mass is 16.6. The van der Waals surface area contributed by atoms with Crippen LogP contribution in [0.5, 0.6) is 11.5 Å². The maximum Gasteiger partial charge on any atom is 0.276 e. The van der Waals surface area contributed by atoms with Crippen LogP contribution >= 0.6 is 0 Å². The number of rotatable bonds is 3. The third kappa shape index (κ3) is 4.59. The van der Waals surface area contributed by atoms with Gasteiger partial charge in [-0.3, -0.25) is 20.2 Å². The van der Waals surface area contributed by atoms with Crippen LogP contribution in [0.3, 0.4) is 0 Å². The monoisotopic (exact) mass is 308 g/mol. The van der Waals surface area contributed by atoms with Crippen molar-refractivity contribution in [2.24, 2.45) is 0 Å². The predicted molar refractivity (Wildman–Crippen MR) is 72.5 cm³/mol. The molecule has 10 heteroatoms. The average molecular weight is 308 g/mol. The molecule has 1 aromatic heterocycles. The molecule has 0 unspecified atom stereocenters. The van der Waals surface area contributed by atoms with Gasteiger partial charge in [0, 0.05) is 12.1 Å². The maximum atomic E-state index is 10.8. The Bertz CT molecular complexity index is 691. The van der Waals surface area contributed by atoms with E-state index >= 15 is 0 Å². The minimum Gasteiger partial charge on any atom is -0.868 e. The van der Waals surface area contributed by atoms with Crippen LogP contribution in [0.4, 0.5) is 11.4 Å². The predicted octanol–water partition coefficient (Wildman–Crippen LogP) is 0.273. The summed E-state index contributed by atoms with van der Waals surface area (Å²) < 4.78 is 6.34. The van der Waals surface area contributed by atoms with E-state index in [1.54, 1.807) is 19.5 Å². The molecule has 0 saturated carbocycles. The molecule has 0 aliphatic rings. The molecule has 0 saturated heterocycles. The molecule has 0 atom stereocenters. The van der Waals surface area contributed by atoms with Gasteiger partial charge in [-0.25, -0.2) is 5.84 Å². The highest BCUT2D eigenvalue weighted by molar-refractivity contribution is 5.51. The summed E-state index contributed by atoms with van der Waals surface area (Å²) >= 11 is 0. The fourth-order valence-electron chi connectivity index (χ4n) is 1.35. The molecule has 2 N–H and O–H groups in total. The molecule has 22 heavy (non-hydrogen) atoms. The topological polar surface area (TPSA) is 148 Å². The first-order valence-electron chi connectivity index (χ1n) is 5.75. The van der Waals surface area contributed by atoms with E-state index < -0.39 is 27.0 Å². The number of aromatic nitrogens is 1. The lowest BCUT2D eigenvalue weighted by atomic mass is 10.2. The van der Waals surface area contributed by atoms with Gasteiger partial charge in [0.25, 0.3) is 11.4 Å². The van der Waals surface area contributed by atoms with Crippen LogP contribution in [0.15, 0.2) is 42.7 Å². The number of nitrogen functional groups attached to an aromatic ring is 1. The van der Waals surface area contributed by atoms with Crippen molar-refractivity contribution in [2.75, 3.05) is 13.0 Å². The molecule has 0 radical (unpaired) electrons. The molecular formula is C12H12N4O6. The van der Waals surface area contributed by atoms with Gasteiger partial charge < -0.3 is 9.84 Å². The van der Waals surface area contributed by atoms with Gasteiger partial charge >= 0.3 is 0 Å². The number of nitrogens with two attached hydrogens (primary N) is 1. The lowest BCUT2D eigenvalue weighted by Gasteiger charge is -2.03. The number of non-ortho nitro benzene ring substituents is 1. The van der Waals surface area contributed by atoms with Crippen LogP contribution in [-0.4, -0.2) is 17.0 Å². The molecule has 2 rings (SSSR count). The zero-order valence-corrected chi connectivity index (χ0v) is 11.4. The summed E-state index contributed by atoms with van der Waals surface area (Å²) in [5.74, 6) is 5.30. The van der Waals surface area contributed by atoms with Crippen molar-refractivity contribution < 1.29 is 24.4 Å². The lowest BCUT2D eigenvalue weighted by Crippen LogP contribution is -2.43. The van der Waals surface area contributed by atoms with Crippen molar-refractivity contribution in [2.45, 2.75) is 0 Å². The molecule has 0 aliphatic heterocycles. The third-order valence-electron chi connectivity index (χ3n) is 2.38. The Kier molecular flexibility index (Phi) is 5.58. The van der Waals surface area contributed by atoms with Crippen molar-refractivity contribution in [3.63, 3.8) is 0 Å². The molecule has 0 spiro atoms. The molecule has 116 valence electrons.